The molecule has 4 heteroatoms. The molecule has 0 spiro atoms. The second kappa shape index (κ2) is 9.82. The van der Waals surface area contributed by atoms with Crippen molar-refractivity contribution in [1.29, 1.82) is 0 Å². The molecule has 0 saturated carbocycles. The summed E-state index contributed by atoms with van der Waals surface area (Å²) in [4.78, 5) is 13.1. The van der Waals surface area contributed by atoms with E-state index < -0.39 is 0 Å². The number of nitrogens with zero attached hydrogens (tertiary/aromatic N) is 2. The SMILES string of the molecule is CC(C)c1ccc(NC(=O)c2cc(-c3ccc(-c4ccccc4)cc3)n(-c3ccccc3)n2)cc1. The lowest BCUT2D eigenvalue weighted by molar-refractivity contribution is 0.102. The Morgan fingerprint density at radius 1 is 0.714 bits per heavy atom. The summed E-state index contributed by atoms with van der Waals surface area (Å²) in [5.41, 5.74) is 7.40. The van der Waals surface area contributed by atoms with Crippen LogP contribution >= 0.6 is 0 Å². The van der Waals surface area contributed by atoms with Crippen LogP contribution in [0.5, 0.6) is 0 Å². The molecule has 1 heterocycles. The molecule has 0 bridgehead atoms. The highest BCUT2D eigenvalue weighted by Crippen LogP contribution is 2.28. The van der Waals surface area contributed by atoms with Gasteiger partial charge in [0.05, 0.1) is 11.4 Å². The predicted octanol–water partition coefficient (Wildman–Crippen LogP) is 7.58. The summed E-state index contributed by atoms with van der Waals surface area (Å²) in [6, 6.07) is 38.3. The average Bonchev–Trinajstić information content (AvgIpc) is 3.36. The minimum Gasteiger partial charge on any atom is -0.321 e. The van der Waals surface area contributed by atoms with Crippen LogP contribution < -0.4 is 5.32 Å². The summed E-state index contributed by atoms with van der Waals surface area (Å²) in [7, 11) is 0. The van der Waals surface area contributed by atoms with E-state index in [1.807, 2.05) is 83.5 Å². The number of rotatable bonds is 6. The van der Waals surface area contributed by atoms with Crippen molar-refractivity contribution in [2.24, 2.45) is 0 Å². The van der Waals surface area contributed by atoms with Crippen molar-refractivity contribution in [2.75, 3.05) is 5.32 Å². The third-order valence-corrected chi connectivity index (χ3v) is 6.07. The number of hydrogen-bond donors (Lipinski definition) is 1. The summed E-state index contributed by atoms with van der Waals surface area (Å²) >= 11 is 0. The average molecular weight is 458 g/mol. The van der Waals surface area contributed by atoms with Crippen molar-refractivity contribution >= 4 is 11.6 Å². The molecule has 1 aromatic heterocycles. The fraction of sp³-hybridized carbons (Fsp3) is 0.0968. The van der Waals surface area contributed by atoms with E-state index >= 15 is 0 Å². The van der Waals surface area contributed by atoms with Crippen molar-refractivity contribution < 1.29 is 4.79 Å². The van der Waals surface area contributed by atoms with E-state index in [0.29, 0.717) is 11.6 Å². The van der Waals surface area contributed by atoms with E-state index in [1.165, 1.54) is 11.1 Å². The van der Waals surface area contributed by atoms with E-state index in [9.17, 15) is 4.79 Å². The molecule has 0 saturated heterocycles. The van der Waals surface area contributed by atoms with Crippen LogP contribution in [0.4, 0.5) is 5.69 Å². The molecule has 0 unspecified atom stereocenters. The van der Waals surface area contributed by atoms with Crippen LogP contribution in [-0.4, -0.2) is 15.7 Å². The van der Waals surface area contributed by atoms with Gasteiger partial charge in [0, 0.05) is 11.3 Å². The van der Waals surface area contributed by atoms with Gasteiger partial charge < -0.3 is 5.32 Å². The van der Waals surface area contributed by atoms with Gasteiger partial charge in [-0.25, -0.2) is 4.68 Å². The van der Waals surface area contributed by atoms with E-state index in [0.717, 1.165) is 28.2 Å². The summed E-state index contributed by atoms with van der Waals surface area (Å²) in [5, 5.41) is 7.67. The zero-order valence-electron chi connectivity index (χ0n) is 19.8. The fourth-order valence-electron chi connectivity index (χ4n) is 4.07. The van der Waals surface area contributed by atoms with Crippen molar-refractivity contribution in [3.63, 3.8) is 0 Å². The maximum atomic E-state index is 13.1. The van der Waals surface area contributed by atoms with E-state index in [-0.39, 0.29) is 5.91 Å². The molecule has 0 aliphatic rings. The lowest BCUT2D eigenvalue weighted by Crippen LogP contribution is -2.13. The Bertz CT molecular complexity index is 1420. The molecule has 1 amide bonds. The van der Waals surface area contributed by atoms with E-state index in [2.05, 4.69) is 60.7 Å². The van der Waals surface area contributed by atoms with Gasteiger partial charge in [0.15, 0.2) is 5.69 Å². The van der Waals surface area contributed by atoms with Crippen LogP contribution in [-0.2, 0) is 0 Å². The van der Waals surface area contributed by atoms with Gasteiger partial charge in [-0.3, -0.25) is 4.79 Å². The summed E-state index contributed by atoms with van der Waals surface area (Å²) in [5.74, 6) is 0.205. The molecular formula is C31H27N3O. The normalized spacial score (nSPS) is 10.9. The monoisotopic (exact) mass is 457 g/mol. The number of carbonyl (C=O) groups excluding carboxylic acids is 1. The first-order valence-corrected chi connectivity index (χ1v) is 11.8. The highest BCUT2D eigenvalue weighted by atomic mass is 16.1. The fourth-order valence-corrected chi connectivity index (χ4v) is 4.07. The lowest BCUT2D eigenvalue weighted by atomic mass is 10.0. The van der Waals surface area contributed by atoms with Gasteiger partial charge in [-0.1, -0.05) is 98.8 Å². The molecule has 35 heavy (non-hydrogen) atoms. The minimum absolute atomic E-state index is 0.237. The van der Waals surface area contributed by atoms with Gasteiger partial charge in [0.2, 0.25) is 0 Å². The van der Waals surface area contributed by atoms with Crippen LogP contribution in [0, 0.1) is 0 Å². The maximum Gasteiger partial charge on any atom is 0.276 e. The van der Waals surface area contributed by atoms with E-state index in [1.54, 1.807) is 0 Å². The molecule has 0 atom stereocenters. The Kier molecular flexibility index (Phi) is 6.27. The van der Waals surface area contributed by atoms with Crippen molar-refractivity contribution in [1.82, 2.24) is 9.78 Å². The number of para-hydroxylation sites is 1. The lowest BCUT2D eigenvalue weighted by Gasteiger charge is -2.08. The summed E-state index contributed by atoms with van der Waals surface area (Å²) in [6.45, 7) is 4.30. The first-order chi connectivity index (χ1) is 17.1. The van der Waals surface area contributed by atoms with Crippen LogP contribution in [0.25, 0.3) is 28.1 Å². The standard InChI is InChI=1S/C31H27N3O/c1-22(2)23-17-19-27(20-18-23)32-31(35)29-21-30(34(33-29)28-11-7-4-8-12-28)26-15-13-25(14-16-26)24-9-5-3-6-10-24/h3-22H,1-2H3,(H,32,35). The largest absolute Gasteiger partial charge is 0.321 e. The molecule has 1 N–H and O–H groups in total. The van der Waals surface area contributed by atoms with Gasteiger partial charge in [0.25, 0.3) is 5.91 Å². The Labute approximate surface area is 205 Å². The molecule has 4 aromatic carbocycles. The van der Waals surface area contributed by atoms with Crippen molar-refractivity contribution in [3.05, 3.63) is 127 Å². The number of amides is 1. The highest BCUT2D eigenvalue weighted by molar-refractivity contribution is 6.03. The first kappa shape index (κ1) is 22.4. The summed E-state index contributed by atoms with van der Waals surface area (Å²) in [6.07, 6.45) is 0. The van der Waals surface area contributed by atoms with Gasteiger partial charge >= 0.3 is 0 Å². The number of hydrogen-bond acceptors (Lipinski definition) is 2. The molecule has 4 nitrogen and oxygen atoms in total. The second-order valence-electron chi connectivity index (χ2n) is 8.84. The minimum atomic E-state index is -0.237. The number of benzene rings is 4. The number of anilines is 1. The molecule has 0 aliphatic carbocycles. The Hall–Kier alpha value is -4.44. The molecule has 0 fully saturated rings. The van der Waals surface area contributed by atoms with Crippen LogP contribution in [0.2, 0.25) is 0 Å². The Morgan fingerprint density at radius 3 is 1.91 bits per heavy atom. The van der Waals surface area contributed by atoms with Crippen LogP contribution in [0.3, 0.4) is 0 Å². The van der Waals surface area contributed by atoms with Gasteiger partial charge in [-0.05, 0) is 52.9 Å². The Balaban J connectivity index is 1.48. The predicted molar refractivity (Wildman–Crippen MR) is 143 cm³/mol. The topological polar surface area (TPSA) is 46.9 Å². The zero-order chi connectivity index (χ0) is 24.2. The quantitative estimate of drug-likeness (QED) is 0.286. The molecule has 5 rings (SSSR count). The van der Waals surface area contributed by atoms with Gasteiger partial charge in [0.1, 0.15) is 0 Å². The highest BCUT2D eigenvalue weighted by Gasteiger charge is 2.17. The van der Waals surface area contributed by atoms with Gasteiger partial charge in [-0.15, -0.1) is 0 Å². The molecular weight excluding hydrogens is 430 g/mol. The van der Waals surface area contributed by atoms with Crippen LogP contribution in [0.15, 0.2) is 115 Å². The molecule has 0 radical (unpaired) electrons. The molecule has 0 aliphatic heterocycles. The number of carbonyl (C=O) groups is 1. The number of nitrogens with one attached hydrogen (secondary N) is 1. The summed E-state index contributed by atoms with van der Waals surface area (Å²) < 4.78 is 1.83. The second-order valence-corrected chi connectivity index (χ2v) is 8.84. The third-order valence-electron chi connectivity index (χ3n) is 6.07. The van der Waals surface area contributed by atoms with Gasteiger partial charge in [-0.2, -0.15) is 5.10 Å². The smallest absolute Gasteiger partial charge is 0.276 e. The van der Waals surface area contributed by atoms with Crippen LogP contribution in [0.1, 0.15) is 35.8 Å². The number of aromatic nitrogens is 2. The van der Waals surface area contributed by atoms with Crippen molar-refractivity contribution in [2.45, 2.75) is 19.8 Å². The Morgan fingerprint density at radius 2 is 1.29 bits per heavy atom. The van der Waals surface area contributed by atoms with Crippen molar-refractivity contribution in [3.8, 4) is 28.1 Å². The molecule has 5 aromatic rings. The third kappa shape index (κ3) is 4.92. The zero-order valence-corrected chi connectivity index (χ0v) is 19.8. The first-order valence-electron chi connectivity index (χ1n) is 11.8. The molecule has 172 valence electrons. The maximum absolute atomic E-state index is 13.1. The van der Waals surface area contributed by atoms with E-state index in [4.69, 9.17) is 0 Å².